The minimum atomic E-state index is 0.479. The number of nitrogens with zero attached hydrogens (tertiary/aromatic N) is 2. The molecule has 5 nitrogen and oxygen atoms in total. The average molecular weight is 276 g/mol. The lowest BCUT2D eigenvalue weighted by atomic mass is 10.1. The van der Waals surface area contributed by atoms with Crippen molar-refractivity contribution in [2.75, 3.05) is 13.1 Å². The molecule has 5 heteroatoms. The van der Waals surface area contributed by atoms with Crippen LogP contribution in [0.5, 0.6) is 0 Å². The molecule has 0 fully saturated rings. The maximum Gasteiger partial charge on any atom is 0.191 e. The quantitative estimate of drug-likeness (QED) is 0.491. The molecule has 1 heterocycles. The molecular weight excluding hydrogens is 252 g/mol. The number of rotatable bonds is 5. The summed E-state index contributed by atoms with van der Waals surface area (Å²) in [6.45, 7) is 7.62. The van der Waals surface area contributed by atoms with E-state index in [1.165, 1.54) is 5.56 Å². The molecule has 0 unspecified atom stereocenters. The zero-order valence-electron chi connectivity index (χ0n) is 12.6. The first-order chi connectivity index (χ1) is 9.70. The van der Waals surface area contributed by atoms with Gasteiger partial charge in [-0.1, -0.05) is 17.3 Å². The lowest BCUT2D eigenvalue weighted by Gasteiger charge is -2.16. The average Bonchev–Trinajstić information content (AvgIpc) is 3.03. The lowest BCUT2D eigenvalue weighted by Crippen LogP contribution is -2.42. The standard InChI is InChI=1S/C15H24N4O/c1-4-16-15(18-13-7-5-6-8-13)17-10-9-14-11(2)19-20-12(14)3/h5-6,13H,4,7-10H2,1-3H3,(H2,16,17,18). The second kappa shape index (κ2) is 7.12. The molecule has 2 rings (SSSR count). The van der Waals surface area contributed by atoms with Crippen molar-refractivity contribution in [2.45, 2.75) is 46.1 Å². The molecule has 0 aromatic carbocycles. The zero-order chi connectivity index (χ0) is 14.4. The molecule has 0 atom stereocenters. The molecule has 20 heavy (non-hydrogen) atoms. The van der Waals surface area contributed by atoms with Gasteiger partial charge in [0.2, 0.25) is 0 Å². The van der Waals surface area contributed by atoms with Gasteiger partial charge in [0.15, 0.2) is 5.96 Å². The monoisotopic (exact) mass is 276 g/mol. The second-order valence-corrected chi connectivity index (χ2v) is 5.10. The fourth-order valence-corrected chi connectivity index (χ4v) is 2.39. The van der Waals surface area contributed by atoms with Gasteiger partial charge in [-0.05, 0) is 40.0 Å². The van der Waals surface area contributed by atoms with Crippen LogP contribution >= 0.6 is 0 Å². The summed E-state index contributed by atoms with van der Waals surface area (Å²) < 4.78 is 5.17. The van der Waals surface area contributed by atoms with Crippen molar-refractivity contribution < 1.29 is 4.52 Å². The number of hydrogen-bond donors (Lipinski definition) is 2. The molecule has 0 bridgehead atoms. The summed E-state index contributed by atoms with van der Waals surface area (Å²) in [5.74, 6) is 1.80. The predicted molar refractivity (Wildman–Crippen MR) is 81.0 cm³/mol. The van der Waals surface area contributed by atoms with E-state index in [4.69, 9.17) is 4.52 Å². The third kappa shape index (κ3) is 3.85. The molecule has 110 valence electrons. The Morgan fingerprint density at radius 2 is 2.15 bits per heavy atom. The van der Waals surface area contributed by atoms with E-state index >= 15 is 0 Å². The molecule has 0 saturated heterocycles. The third-order valence-corrected chi connectivity index (χ3v) is 3.51. The number of aryl methyl sites for hydroxylation is 2. The van der Waals surface area contributed by atoms with E-state index < -0.39 is 0 Å². The van der Waals surface area contributed by atoms with Crippen LogP contribution in [-0.2, 0) is 6.42 Å². The highest BCUT2D eigenvalue weighted by molar-refractivity contribution is 5.80. The van der Waals surface area contributed by atoms with Gasteiger partial charge in [0.25, 0.3) is 0 Å². The van der Waals surface area contributed by atoms with Crippen molar-refractivity contribution >= 4 is 5.96 Å². The first-order valence-corrected chi connectivity index (χ1v) is 7.32. The summed E-state index contributed by atoms with van der Waals surface area (Å²) in [5.41, 5.74) is 2.14. The lowest BCUT2D eigenvalue weighted by molar-refractivity contribution is 0.392. The van der Waals surface area contributed by atoms with Crippen molar-refractivity contribution in [3.8, 4) is 0 Å². The van der Waals surface area contributed by atoms with Crippen LogP contribution in [0.1, 0.15) is 36.8 Å². The molecule has 0 radical (unpaired) electrons. The molecule has 1 aliphatic carbocycles. The molecule has 0 aliphatic heterocycles. The Labute approximate surface area is 120 Å². The summed E-state index contributed by atoms with van der Waals surface area (Å²) >= 11 is 0. The largest absolute Gasteiger partial charge is 0.361 e. The summed E-state index contributed by atoms with van der Waals surface area (Å²) in [5, 5.41) is 10.7. The Kier molecular flexibility index (Phi) is 5.21. The van der Waals surface area contributed by atoms with Crippen molar-refractivity contribution in [1.82, 2.24) is 15.8 Å². The summed E-state index contributed by atoms with van der Waals surface area (Å²) in [6.07, 6.45) is 7.44. The summed E-state index contributed by atoms with van der Waals surface area (Å²) in [4.78, 5) is 4.63. The number of aliphatic imine (C=N–C) groups is 1. The maximum absolute atomic E-state index is 5.17. The van der Waals surface area contributed by atoms with Gasteiger partial charge in [-0.3, -0.25) is 4.99 Å². The number of hydrogen-bond acceptors (Lipinski definition) is 3. The van der Waals surface area contributed by atoms with Gasteiger partial charge in [-0.15, -0.1) is 0 Å². The molecule has 1 aromatic rings. The highest BCUT2D eigenvalue weighted by Gasteiger charge is 2.12. The van der Waals surface area contributed by atoms with Crippen molar-refractivity contribution in [1.29, 1.82) is 0 Å². The fraction of sp³-hybridized carbons (Fsp3) is 0.600. The van der Waals surface area contributed by atoms with Crippen LogP contribution < -0.4 is 10.6 Å². The molecule has 0 spiro atoms. The topological polar surface area (TPSA) is 62.5 Å². The van der Waals surface area contributed by atoms with Crippen molar-refractivity contribution in [3.05, 3.63) is 29.2 Å². The van der Waals surface area contributed by atoms with Crippen molar-refractivity contribution in [2.24, 2.45) is 4.99 Å². The molecule has 2 N–H and O–H groups in total. The number of guanidine groups is 1. The molecule has 1 aromatic heterocycles. The van der Waals surface area contributed by atoms with Crippen LogP contribution in [0.2, 0.25) is 0 Å². The van der Waals surface area contributed by atoms with E-state index in [-0.39, 0.29) is 0 Å². The smallest absolute Gasteiger partial charge is 0.191 e. The van der Waals surface area contributed by atoms with Gasteiger partial charge in [0, 0.05) is 24.7 Å². The highest BCUT2D eigenvalue weighted by atomic mass is 16.5. The van der Waals surface area contributed by atoms with E-state index in [1.54, 1.807) is 0 Å². The number of aromatic nitrogens is 1. The predicted octanol–water partition coefficient (Wildman–Crippen LogP) is 2.11. The Bertz CT molecular complexity index is 463. The molecular formula is C15H24N4O. The first kappa shape index (κ1) is 14.6. The van der Waals surface area contributed by atoms with Crippen LogP contribution in [-0.4, -0.2) is 30.2 Å². The van der Waals surface area contributed by atoms with Gasteiger partial charge in [0.1, 0.15) is 5.76 Å². The van der Waals surface area contributed by atoms with Gasteiger partial charge >= 0.3 is 0 Å². The van der Waals surface area contributed by atoms with E-state index in [1.807, 2.05) is 13.8 Å². The normalized spacial score (nSPS) is 15.8. The third-order valence-electron chi connectivity index (χ3n) is 3.51. The summed E-state index contributed by atoms with van der Waals surface area (Å²) in [6, 6.07) is 0.479. The first-order valence-electron chi connectivity index (χ1n) is 7.32. The van der Waals surface area contributed by atoms with Crippen LogP contribution in [0.4, 0.5) is 0 Å². The number of nitrogens with one attached hydrogen (secondary N) is 2. The van der Waals surface area contributed by atoms with Gasteiger partial charge in [-0.25, -0.2) is 0 Å². The van der Waals surface area contributed by atoms with Crippen LogP contribution in [0.25, 0.3) is 0 Å². The van der Waals surface area contributed by atoms with Crippen LogP contribution in [0.3, 0.4) is 0 Å². The van der Waals surface area contributed by atoms with Gasteiger partial charge in [0.05, 0.1) is 5.69 Å². The SMILES string of the molecule is CCNC(=NCCc1c(C)noc1C)NC1CC=CC1. The molecule has 0 saturated carbocycles. The Balaban J connectivity index is 1.88. The Hall–Kier alpha value is -1.78. The maximum atomic E-state index is 5.17. The molecule has 0 amide bonds. The minimum Gasteiger partial charge on any atom is -0.361 e. The molecule has 1 aliphatic rings. The summed E-state index contributed by atoms with van der Waals surface area (Å²) in [7, 11) is 0. The van der Waals surface area contributed by atoms with Crippen molar-refractivity contribution in [3.63, 3.8) is 0 Å². The Morgan fingerprint density at radius 3 is 2.75 bits per heavy atom. The van der Waals surface area contributed by atoms with E-state index in [0.717, 1.165) is 49.8 Å². The zero-order valence-corrected chi connectivity index (χ0v) is 12.6. The van der Waals surface area contributed by atoms with Crippen LogP contribution in [0.15, 0.2) is 21.7 Å². The minimum absolute atomic E-state index is 0.479. The second-order valence-electron chi connectivity index (χ2n) is 5.10. The Morgan fingerprint density at radius 1 is 1.40 bits per heavy atom. The van der Waals surface area contributed by atoms with E-state index in [9.17, 15) is 0 Å². The van der Waals surface area contributed by atoms with Crippen LogP contribution in [0, 0.1) is 13.8 Å². The highest BCUT2D eigenvalue weighted by Crippen LogP contribution is 2.13. The van der Waals surface area contributed by atoms with E-state index in [2.05, 4.69) is 39.9 Å². The fourth-order valence-electron chi connectivity index (χ4n) is 2.39. The van der Waals surface area contributed by atoms with E-state index in [0.29, 0.717) is 6.04 Å². The van der Waals surface area contributed by atoms with Gasteiger partial charge < -0.3 is 15.2 Å². The van der Waals surface area contributed by atoms with Gasteiger partial charge in [-0.2, -0.15) is 0 Å².